The van der Waals surface area contributed by atoms with Gasteiger partial charge in [0.05, 0.1) is 14.2 Å². The number of amides is 3. The molecule has 3 rings (SSSR count). The molecule has 0 atom stereocenters. The molecule has 2 aromatic rings. The Bertz CT molecular complexity index is 890. The van der Waals surface area contributed by atoms with Gasteiger partial charge in [0, 0.05) is 31.6 Å². The van der Waals surface area contributed by atoms with E-state index >= 15 is 0 Å². The molecule has 0 bridgehead atoms. The highest BCUT2D eigenvalue weighted by Gasteiger charge is 2.37. The van der Waals surface area contributed by atoms with E-state index in [2.05, 4.69) is 10.6 Å². The molecule has 1 aliphatic heterocycles. The second-order valence-corrected chi connectivity index (χ2v) is 8.09. The van der Waals surface area contributed by atoms with E-state index in [1.807, 2.05) is 55.5 Å². The van der Waals surface area contributed by atoms with E-state index in [1.54, 1.807) is 19.1 Å². The van der Waals surface area contributed by atoms with Crippen molar-refractivity contribution in [2.45, 2.75) is 32.9 Å². The minimum absolute atomic E-state index is 0.0276. The standard InChI is InChI=1S/C24H31N3O4/c1-24(22(28)25-16-18-7-9-20(30-2)10-8-18)11-13-27(14-12-24)23(29)26-17-19-5-4-6-21(15-19)31-3/h4-10,15H,11-14,16-17H2,1-3H3,(H,25,28)(H,26,29). The molecule has 3 amide bonds. The van der Waals surface area contributed by atoms with Crippen LogP contribution in [0.25, 0.3) is 0 Å². The number of benzene rings is 2. The minimum Gasteiger partial charge on any atom is -0.497 e. The molecule has 2 N–H and O–H groups in total. The largest absolute Gasteiger partial charge is 0.497 e. The molecule has 0 radical (unpaired) electrons. The molecule has 166 valence electrons. The normalized spacial score (nSPS) is 15.1. The Kier molecular flexibility index (Phi) is 7.39. The van der Waals surface area contributed by atoms with Crippen LogP contribution in [0.2, 0.25) is 0 Å². The SMILES string of the molecule is COc1ccc(CNC(=O)C2(C)CCN(C(=O)NCc3cccc(OC)c3)CC2)cc1. The van der Waals surface area contributed by atoms with Crippen molar-refractivity contribution >= 4 is 11.9 Å². The van der Waals surface area contributed by atoms with E-state index in [4.69, 9.17) is 9.47 Å². The van der Waals surface area contributed by atoms with E-state index in [0.717, 1.165) is 22.6 Å². The number of methoxy groups -OCH3 is 2. The number of urea groups is 1. The molecule has 0 saturated carbocycles. The summed E-state index contributed by atoms with van der Waals surface area (Å²) in [6.07, 6.45) is 1.27. The number of carbonyl (C=O) groups is 2. The molecule has 2 aromatic carbocycles. The average Bonchev–Trinajstić information content (AvgIpc) is 2.81. The molecule has 7 nitrogen and oxygen atoms in total. The molecule has 1 saturated heterocycles. The summed E-state index contributed by atoms with van der Waals surface area (Å²) in [5, 5.41) is 5.99. The molecule has 1 fully saturated rings. The van der Waals surface area contributed by atoms with Crippen LogP contribution in [0.5, 0.6) is 11.5 Å². The van der Waals surface area contributed by atoms with Gasteiger partial charge in [-0.2, -0.15) is 0 Å². The molecule has 1 aliphatic rings. The molecule has 0 aromatic heterocycles. The molecule has 31 heavy (non-hydrogen) atoms. The zero-order chi connectivity index (χ0) is 22.3. The number of likely N-dealkylation sites (tertiary alicyclic amines) is 1. The lowest BCUT2D eigenvalue weighted by atomic mass is 9.79. The first-order chi connectivity index (χ1) is 14.9. The Morgan fingerprint density at radius 1 is 0.903 bits per heavy atom. The van der Waals surface area contributed by atoms with Gasteiger partial charge >= 0.3 is 6.03 Å². The van der Waals surface area contributed by atoms with Gasteiger partial charge in [-0.3, -0.25) is 4.79 Å². The summed E-state index contributed by atoms with van der Waals surface area (Å²) in [7, 11) is 3.25. The smallest absolute Gasteiger partial charge is 0.317 e. The fraction of sp³-hybridized carbons (Fsp3) is 0.417. The maximum atomic E-state index is 12.8. The third kappa shape index (κ3) is 5.90. The van der Waals surface area contributed by atoms with Gasteiger partial charge in [0.1, 0.15) is 11.5 Å². The molecule has 0 unspecified atom stereocenters. The van der Waals surface area contributed by atoms with Gasteiger partial charge in [-0.05, 0) is 48.2 Å². The number of rotatable bonds is 7. The fourth-order valence-corrected chi connectivity index (χ4v) is 3.64. The number of hydrogen-bond acceptors (Lipinski definition) is 4. The van der Waals surface area contributed by atoms with E-state index in [0.29, 0.717) is 39.0 Å². The molecular formula is C24H31N3O4. The van der Waals surface area contributed by atoms with Crippen molar-refractivity contribution in [3.05, 3.63) is 59.7 Å². The number of hydrogen-bond donors (Lipinski definition) is 2. The van der Waals surface area contributed by atoms with Crippen LogP contribution >= 0.6 is 0 Å². The number of piperidine rings is 1. The first kappa shape index (κ1) is 22.5. The molecule has 0 spiro atoms. The highest BCUT2D eigenvalue weighted by atomic mass is 16.5. The lowest BCUT2D eigenvalue weighted by Crippen LogP contribution is -2.50. The van der Waals surface area contributed by atoms with Crippen molar-refractivity contribution in [1.82, 2.24) is 15.5 Å². The Morgan fingerprint density at radius 2 is 1.55 bits per heavy atom. The van der Waals surface area contributed by atoms with Crippen LogP contribution in [0.3, 0.4) is 0 Å². The predicted octanol–water partition coefficient (Wildman–Crippen LogP) is 3.33. The summed E-state index contributed by atoms with van der Waals surface area (Å²) < 4.78 is 10.4. The third-order valence-corrected chi connectivity index (χ3v) is 5.89. The molecule has 0 aliphatic carbocycles. The Morgan fingerprint density at radius 3 is 2.19 bits per heavy atom. The van der Waals surface area contributed by atoms with Crippen LogP contribution in [0.4, 0.5) is 4.79 Å². The van der Waals surface area contributed by atoms with Gasteiger partial charge in [0.25, 0.3) is 0 Å². The summed E-state index contributed by atoms with van der Waals surface area (Å²) in [6, 6.07) is 15.2. The first-order valence-electron chi connectivity index (χ1n) is 10.5. The average molecular weight is 426 g/mol. The zero-order valence-corrected chi connectivity index (χ0v) is 18.4. The number of ether oxygens (including phenoxy) is 2. The Labute approximate surface area is 183 Å². The monoisotopic (exact) mass is 425 g/mol. The first-order valence-corrected chi connectivity index (χ1v) is 10.5. The van der Waals surface area contributed by atoms with Crippen molar-refractivity contribution in [3.8, 4) is 11.5 Å². The Balaban J connectivity index is 1.45. The number of nitrogens with one attached hydrogen (secondary N) is 2. The highest BCUT2D eigenvalue weighted by Crippen LogP contribution is 2.31. The van der Waals surface area contributed by atoms with Crippen LogP contribution in [-0.2, 0) is 17.9 Å². The van der Waals surface area contributed by atoms with Crippen molar-refractivity contribution < 1.29 is 19.1 Å². The van der Waals surface area contributed by atoms with Crippen LogP contribution in [-0.4, -0.2) is 44.1 Å². The maximum absolute atomic E-state index is 12.8. The third-order valence-electron chi connectivity index (χ3n) is 5.89. The van der Waals surface area contributed by atoms with Gasteiger partial charge in [0.15, 0.2) is 0 Å². The molecular weight excluding hydrogens is 394 g/mol. The van der Waals surface area contributed by atoms with Gasteiger partial charge in [0.2, 0.25) is 5.91 Å². The second-order valence-electron chi connectivity index (χ2n) is 8.09. The quantitative estimate of drug-likeness (QED) is 0.713. The van der Waals surface area contributed by atoms with Crippen molar-refractivity contribution in [1.29, 1.82) is 0 Å². The van der Waals surface area contributed by atoms with Crippen LogP contribution in [0, 0.1) is 5.41 Å². The topological polar surface area (TPSA) is 79.9 Å². The molecule has 1 heterocycles. The predicted molar refractivity (Wildman–Crippen MR) is 119 cm³/mol. The second kappa shape index (κ2) is 10.2. The van der Waals surface area contributed by atoms with E-state index in [1.165, 1.54) is 0 Å². The van der Waals surface area contributed by atoms with Gasteiger partial charge in [-0.25, -0.2) is 4.79 Å². The van der Waals surface area contributed by atoms with Gasteiger partial charge in [-0.15, -0.1) is 0 Å². The van der Waals surface area contributed by atoms with Crippen LogP contribution in [0.15, 0.2) is 48.5 Å². The zero-order valence-electron chi connectivity index (χ0n) is 18.4. The summed E-state index contributed by atoms with van der Waals surface area (Å²) in [5.74, 6) is 1.58. The number of nitrogens with zero attached hydrogens (tertiary/aromatic N) is 1. The van der Waals surface area contributed by atoms with Crippen molar-refractivity contribution in [2.75, 3.05) is 27.3 Å². The van der Waals surface area contributed by atoms with Gasteiger partial charge < -0.3 is 25.0 Å². The lowest BCUT2D eigenvalue weighted by molar-refractivity contribution is -0.132. The summed E-state index contributed by atoms with van der Waals surface area (Å²) in [4.78, 5) is 27.1. The van der Waals surface area contributed by atoms with Crippen molar-refractivity contribution in [2.24, 2.45) is 5.41 Å². The summed E-state index contributed by atoms with van der Waals surface area (Å²) >= 11 is 0. The highest BCUT2D eigenvalue weighted by molar-refractivity contribution is 5.83. The van der Waals surface area contributed by atoms with E-state index < -0.39 is 5.41 Å². The Hall–Kier alpha value is -3.22. The number of carbonyl (C=O) groups excluding carboxylic acids is 2. The summed E-state index contributed by atoms with van der Waals surface area (Å²) in [5.41, 5.74) is 1.52. The lowest BCUT2D eigenvalue weighted by Gasteiger charge is -2.38. The van der Waals surface area contributed by atoms with E-state index in [-0.39, 0.29) is 11.9 Å². The minimum atomic E-state index is -0.476. The summed E-state index contributed by atoms with van der Waals surface area (Å²) in [6.45, 7) is 3.99. The van der Waals surface area contributed by atoms with E-state index in [9.17, 15) is 9.59 Å². The molecule has 7 heteroatoms. The maximum Gasteiger partial charge on any atom is 0.317 e. The van der Waals surface area contributed by atoms with Crippen LogP contribution in [0.1, 0.15) is 30.9 Å². The van der Waals surface area contributed by atoms with Crippen LogP contribution < -0.4 is 20.1 Å². The van der Waals surface area contributed by atoms with Crippen molar-refractivity contribution in [3.63, 3.8) is 0 Å². The van der Waals surface area contributed by atoms with Gasteiger partial charge in [-0.1, -0.05) is 31.2 Å². The fourth-order valence-electron chi connectivity index (χ4n) is 3.64.